The van der Waals surface area contributed by atoms with Crippen LogP contribution in [-0.2, 0) is 0 Å². The van der Waals surface area contributed by atoms with Crippen LogP contribution in [0, 0.1) is 6.92 Å². The SMILES string of the molecule is Cc1cscc1C=CCCN. The molecule has 1 heterocycles. The summed E-state index contributed by atoms with van der Waals surface area (Å²) in [6.45, 7) is 2.86. The highest BCUT2D eigenvalue weighted by molar-refractivity contribution is 7.08. The zero-order chi connectivity index (χ0) is 8.10. The third-order valence-electron chi connectivity index (χ3n) is 1.53. The van der Waals surface area contributed by atoms with Crippen LogP contribution in [0.15, 0.2) is 16.8 Å². The Morgan fingerprint density at radius 1 is 1.55 bits per heavy atom. The molecule has 0 spiro atoms. The Morgan fingerprint density at radius 2 is 2.36 bits per heavy atom. The smallest absolute Gasteiger partial charge is 0.00181 e. The third-order valence-corrected chi connectivity index (χ3v) is 2.41. The van der Waals surface area contributed by atoms with Crippen LogP contribution in [0.5, 0.6) is 0 Å². The van der Waals surface area contributed by atoms with E-state index in [-0.39, 0.29) is 0 Å². The van der Waals surface area contributed by atoms with Crippen molar-refractivity contribution in [2.75, 3.05) is 6.54 Å². The Morgan fingerprint density at radius 3 is 2.91 bits per heavy atom. The van der Waals surface area contributed by atoms with Gasteiger partial charge in [0, 0.05) is 0 Å². The second-order valence-electron chi connectivity index (χ2n) is 2.49. The van der Waals surface area contributed by atoms with Gasteiger partial charge in [-0.25, -0.2) is 0 Å². The van der Waals surface area contributed by atoms with E-state index in [9.17, 15) is 0 Å². The lowest BCUT2D eigenvalue weighted by Gasteiger charge is -1.88. The van der Waals surface area contributed by atoms with Gasteiger partial charge in [-0.05, 0) is 41.8 Å². The molecule has 0 aromatic carbocycles. The molecule has 0 saturated carbocycles. The number of hydrogen-bond donors (Lipinski definition) is 1. The normalized spacial score (nSPS) is 11.1. The lowest BCUT2D eigenvalue weighted by molar-refractivity contribution is 1.01. The lowest BCUT2D eigenvalue weighted by atomic mass is 10.2. The van der Waals surface area contributed by atoms with Crippen LogP contribution in [0.1, 0.15) is 17.5 Å². The van der Waals surface area contributed by atoms with Crippen molar-refractivity contribution in [2.24, 2.45) is 5.73 Å². The number of hydrogen-bond acceptors (Lipinski definition) is 2. The van der Waals surface area contributed by atoms with Crippen molar-refractivity contribution in [3.8, 4) is 0 Å². The van der Waals surface area contributed by atoms with Crippen molar-refractivity contribution in [1.82, 2.24) is 0 Å². The van der Waals surface area contributed by atoms with E-state index in [1.165, 1.54) is 11.1 Å². The zero-order valence-corrected chi connectivity index (χ0v) is 7.53. The van der Waals surface area contributed by atoms with E-state index in [4.69, 9.17) is 5.73 Å². The predicted octanol–water partition coefficient (Wildman–Crippen LogP) is 2.42. The minimum atomic E-state index is 0.736. The fourth-order valence-corrected chi connectivity index (χ4v) is 1.67. The predicted molar refractivity (Wildman–Crippen MR) is 51.8 cm³/mol. The van der Waals surface area contributed by atoms with Crippen molar-refractivity contribution in [3.05, 3.63) is 28.0 Å². The summed E-state index contributed by atoms with van der Waals surface area (Å²) in [5.41, 5.74) is 8.03. The molecule has 0 aliphatic heterocycles. The van der Waals surface area contributed by atoms with Crippen LogP contribution in [0.4, 0.5) is 0 Å². The van der Waals surface area contributed by atoms with E-state index in [0.717, 1.165) is 13.0 Å². The molecular formula is C9H13NS. The standard InChI is InChI=1S/C9H13NS/c1-8-6-11-7-9(8)4-2-3-5-10/h2,4,6-7H,3,5,10H2,1H3. The van der Waals surface area contributed by atoms with Crippen LogP contribution in [0.3, 0.4) is 0 Å². The van der Waals surface area contributed by atoms with Crippen molar-refractivity contribution in [1.29, 1.82) is 0 Å². The first kappa shape index (κ1) is 8.50. The Bertz CT molecular complexity index is 237. The lowest BCUT2D eigenvalue weighted by Crippen LogP contribution is -1.94. The van der Waals surface area contributed by atoms with Gasteiger partial charge in [0.1, 0.15) is 0 Å². The first-order valence-corrected chi connectivity index (χ1v) is 4.68. The molecule has 0 aliphatic carbocycles. The van der Waals surface area contributed by atoms with Gasteiger partial charge in [0.25, 0.3) is 0 Å². The molecule has 1 aromatic heterocycles. The molecule has 1 aromatic rings. The van der Waals surface area contributed by atoms with Gasteiger partial charge in [-0.3, -0.25) is 0 Å². The highest BCUT2D eigenvalue weighted by atomic mass is 32.1. The van der Waals surface area contributed by atoms with Gasteiger partial charge in [-0.15, -0.1) is 0 Å². The van der Waals surface area contributed by atoms with Gasteiger partial charge in [0.2, 0.25) is 0 Å². The Kier molecular flexibility index (Phi) is 3.33. The molecule has 0 radical (unpaired) electrons. The van der Waals surface area contributed by atoms with E-state index in [0.29, 0.717) is 0 Å². The maximum atomic E-state index is 5.36. The molecule has 2 heteroatoms. The number of aryl methyl sites for hydroxylation is 1. The monoisotopic (exact) mass is 167 g/mol. The molecule has 0 unspecified atom stereocenters. The molecule has 1 nitrogen and oxygen atoms in total. The van der Waals surface area contributed by atoms with Crippen molar-refractivity contribution >= 4 is 17.4 Å². The summed E-state index contributed by atoms with van der Waals surface area (Å²) >= 11 is 1.74. The van der Waals surface area contributed by atoms with Gasteiger partial charge in [-0.2, -0.15) is 11.3 Å². The minimum Gasteiger partial charge on any atom is -0.330 e. The average Bonchev–Trinajstić information content (AvgIpc) is 2.37. The maximum Gasteiger partial charge on any atom is -0.00181 e. The molecule has 11 heavy (non-hydrogen) atoms. The van der Waals surface area contributed by atoms with Gasteiger partial charge >= 0.3 is 0 Å². The summed E-state index contributed by atoms with van der Waals surface area (Å²) in [7, 11) is 0. The Labute approximate surface area is 71.5 Å². The molecule has 1 rings (SSSR count). The van der Waals surface area contributed by atoms with E-state index >= 15 is 0 Å². The quantitative estimate of drug-likeness (QED) is 0.735. The van der Waals surface area contributed by atoms with Crippen LogP contribution < -0.4 is 5.73 Å². The van der Waals surface area contributed by atoms with Gasteiger partial charge in [0.05, 0.1) is 0 Å². The number of rotatable bonds is 3. The molecule has 2 N–H and O–H groups in total. The Hall–Kier alpha value is -0.600. The molecule has 0 bridgehead atoms. The minimum absolute atomic E-state index is 0.736. The van der Waals surface area contributed by atoms with Crippen molar-refractivity contribution in [2.45, 2.75) is 13.3 Å². The number of thiophene rings is 1. The van der Waals surface area contributed by atoms with Crippen LogP contribution in [0.2, 0.25) is 0 Å². The Balaban J connectivity index is 2.56. The molecule has 0 aliphatic rings. The maximum absolute atomic E-state index is 5.36. The molecule has 0 amide bonds. The van der Waals surface area contributed by atoms with E-state index < -0.39 is 0 Å². The summed E-state index contributed by atoms with van der Waals surface area (Å²) in [6, 6.07) is 0. The first-order valence-electron chi connectivity index (χ1n) is 3.74. The van der Waals surface area contributed by atoms with Crippen LogP contribution in [-0.4, -0.2) is 6.54 Å². The first-order chi connectivity index (χ1) is 5.34. The fourth-order valence-electron chi connectivity index (χ4n) is 0.848. The highest BCUT2D eigenvalue weighted by Crippen LogP contribution is 2.14. The molecule has 0 fully saturated rings. The topological polar surface area (TPSA) is 26.0 Å². The highest BCUT2D eigenvalue weighted by Gasteiger charge is 1.91. The van der Waals surface area contributed by atoms with Crippen LogP contribution in [0.25, 0.3) is 6.08 Å². The molecule has 60 valence electrons. The summed E-state index contributed by atoms with van der Waals surface area (Å²) in [5, 5.41) is 4.31. The van der Waals surface area contributed by atoms with Gasteiger partial charge < -0.3 is 5.73 Å². The van der Waals surface area contributed by atoms with E-state index in [1.807, 2.05) is 0 Å². The van der Waals surface area contributed by atoms with Gasteiger partial charge in [0.15, 0.2) is 0 Å². The van der Waals surface area contributed by atoms with Crippen molar-refractivity contribution < 1.29 is 0 Å². The molecular weight excluding hydrogens is 154 g/mol. The summed E-state index contributed by atoms with van der Waals surface area (Å²) in [5.74, 6) is 0. The zero-order valence-electron chi connectivity index (χ0n) is 6.71. The van der Waals surface area contributed by atoms with Gasteiger partial charge in [-0.1, -0.05) is 12.2 Å². The average molecular weight is 167 g/mol. The second kappa shape index (κ2) is 4.31. The fraction of sp³-hybridized carbons (Fsp3) is 0.333. The third kappa shape index (κ3) is 2.48. The van der Waals surface area contributed by atoms with E-state index in [1.54, 1.807) is 11.3 Å². The largest absolute Gasteiger partial charge is 0.330 e. The van der Waals surface area contributed by atoms with Crippen molar-refractivity contribution in [3.63, 3.8) is 0 Å². The number of nitrogens with two attached hydrogens (primary N) is 1. The summed E-state index contributed by atoms with van der Waals surface area (Å²) in [6.07, 6.45) is 5.23. The summed E-state index contributed by atoms with van der Waals surface area (Å²) < 4.78 is 0. The van der Waals surface area contributed by atoms with E-state index in [2.05, 4.69) is 29.8 Å². The molecule has 0 atom stereocenters. The summed E-state index contributed by atoms with van der Waals surface area (Å²) in [4.78, 5) is 0. The van der Waals surface area contributed by atoms with Crippen LogP contribution >= 0.6 is 11.3 Å². The molecule has 0 saturated heterocycles. The second-order valence-corrected chi connectivity index (χ2v) is 3.23.